The Hall–Kier alpha value is -0.160. The van der Waals surface area contributed by atoms with Crippen molar-refractivity contribution in [2.45, 2.75) is 31.5 Å². The molecule has 3 atom stereocenters. The number of hydrogen-bond acceptors (Lipinski definition) is 4. The average Bonchev–Trinajstić information content (AvgIpc) is 2.59. The van der Waals surface area contributed by atoms with E-state index in [2.05, 4.69) is 23.8 Å². The summed E-state index contributed by atoms with van der Waals surface area (Å²) >= 11 is 0. The Morgan fingerprint density at radius 2 is 2.20 bits per heavy atom. The van der Waals surface area contributed by atoms with Crippen molar-refractivity contribution in [1.29, 1.82) is 0 Å². The number of morpholine rings is 1. The normalized spacial score (nSPS) is 39.8. The largest absolute Gasteiger partial charge is 0.374 e. The summed E-state index contributed by atoms with van der Waals surface area (Å²) in [6.45, 7) is 7.08. The van der Waals surface area contributed by atoms with Crippen molar-refractivity contribution in [3.8, 4) is 0 Å². The minimum Gasteiger partial charge on any atom is -0.374 e. The fourth-order valence-electron chi connectivity index (χ4n) is 2.64. The zero-order chi connectivity index (χ0) is 10.8. The van der Waals surface area contributed by atoms with Crippen LogP contribution in [0, 0.1) is 0 Å². The molecule has 0 saturated carbocycles. The maximum Gasteiger partial charge on any atom is 0.0824 e. The van der Waals surface area contributed by atoms with E-state index in [4.69, 9.17) is 10.5 Å². The third-order valence-corrected chi connectivity index (χ3v) is 3.81. The van der Waals surface area contributed by atoms with Crippen molar-refractivity contribution in [1.82, 2.24) is 9.80 Å². The van der Waals surface area contributed by atoms with Crippen LogP contribution < -0.4 is 5.73 Å². The first-order valence-corrected chi connectivity index (χ1v) is 5.96. The number of rotatable bonds is 2. The molecule has 2 saturated heterocycles. The zero-order valence-corrected chi connectivity index (χ0v) is 9.85. The standard InChI is InChI=1S/C11H23N3O/c1-9-5-10(7-13(9)2)14-3-4-15-11(6-12)8-14/h9-11H,3-8,12H2,1-2H3. The predicted octanol–water partition coefficient (Wildman–Crippen LogP) is -0.261. The minimum atomic E-state index is 0.250. The minimum absolute atomic E-state index is 0.250. The predicted molar refractivity (Wildman–Crippen MR) is 60.9 cm³/mol. The molecule has 88 valence electrons. The van der Waals surface area contributed by atoms with Gasteiger partial charge < -0.3 is 15.4 Å². The molecule has 2 heterocycles. The van der Waals surface area contributed by atoms with Crippen molar-refractivity contribution >= 4 is 0 Å². The molecule has 0 aromatic carbocycles. The van der Waals surface area contributed by atoms with Crippen LogP contribution in [0.4, 0.5) is 0 Å². The maximum absolute atomic E-state index is 5.66. The molecule has 0 spiro atoms. The second-order valence-corrected chi connectivity index (χ2v) is 4.90. The first-order chi connectivity index (χ1) is 7.20. The highest BCUT2D eigenvalue weighted by molar-refractivity contribution is 4.89. The van der Waals surface area contributed by atoms with Gasteiger partial charge in [-0.3, -0.25) is 4.90 Å². The first kappa shape index (κ1) is 11.3. The van der Waals surface area contributed by atoms with Gasteiger partial charge in [0.2, 0.25) is 0 Å². The topological polar surface area (TPSA) is 41.7 Å². The van der Waals surface area contributed by atoms with Crippen LogP contribution in [0.1, 0.15) is 13.3 Å². The quantitative estimate of drug-likeness (QED) is 0.686. The van der Waals surface area contributed by atoms with E-state index in [9.17, 15) is 0 Å². The van der Waals surface area contributed by atoms with Gasteiger partial charge in [-0.2, -0.15) is 0 Å². The molecule has 3 unspecified atom stereocenters. The van der Waals surface area contributed by atoms with Crippen LogP contribution in [-0.4, -0.2) is 67.8 Å². The third kappa shape index (κ3) is 2.50. The fraction of sp³-hybridized carbons (Fsp3) is 1.00. The number of likely N-dealkylation sites (tertiary alicyclic amines) is 1. The molecule has 0 aromatic rings. The van der Waals surface area contributed by atoms with E-state index in [0.29, 0.717) is 18.6 Å². The van der Waals surface area contributed by atoms with Gasteiger partial charge in [-0.15, -0.1) is 0 Å². The number of hydrogen-bond donors (Lipinski definition) is 1. The molecule has 0 radical (unpaired) electrons. The molecule has 2 fully saturated rings. The second kappa shape index (κ2) is 4.78. The van der Waals surface area contributed by atoms with Gasteiger partial charge in [0.05, 0.1) is 12.7 Å². The van der Waals surface area contributed by atoms with Crippen molar-refractivity contribution in [3.63, 3.8) is 0 Å². The molecule has 2 aliphatic rings. The van der Waals surface area contributed by atoms with E-state index in [-0.39, 0.29) is 6.10 Å². The van der Waals surface area contributed by atoms with Crippen LogP contribution in [0.25, 0.3) is 0 Å². The summed E-state index contributed by atoms with van der Waals surface area (Å²) in [5.41, 5.74) is 5.66. The number of likely N-dealkylation sites (N-methyl/N-ethyl adjacent to an activating group) is 1. The van der Waals surface area contributed by atoms with Gasteiger partial charge >= 0.3 is 0 Å². The van der Waals surface area contributed by atoms with Crippen molar-refractivity contribution in [3.05, 3.63) is 0 Å². The summed E-state index contributed by atoms with van der Waals surface area (Å²) in [5, 5.41) is 0. The van der Waals surface area contributed by atoms with Gasteiger partial charge in [0, 0.05) is 38.3 Å². The Morgan fingerprint density at radius 3 is 2.80 bits per heavy atom. The Bertz CT molecular complexity index is 202. The first-order valence-electron chi connectivity index (χ1n) is 5.96. The Balaban J connectivity index is 1.88. The lowest BCUT2D eigenvalue weighted by Crippen LogP contribution is -2.50. The van der Waals surface area contributed by atoms with Crippen LogP contribution in [0.15, 0.2) is 0 Å². The SMILES string of the molecule is CC1CC(N2CCOC(CN)C2)CN1C. The van der Waals surface area contributed by atoms with Gasteiger partial charge in [-0.25, -0.2) is 0 Å². The second-order valence-electron chi connectivity index (χ2n) is 4.90. The number of nitrogens with two attached hydrogens (primary N) is 1. The zero-order valence-electron chi connectivity index (χ0n) is 9.85. The van der Waals surface area contributed by atoms with Gasteiger partial charge in [0.15, 0.2) is 0 Å². The van der Waals surface area contributed by atoms with Crippen LogP contribution in [-0.2, 0) is 4.74 Å². The Labute approximate surface area is 92.4 Å². The van der Waals surface area contributed by atoms with E-state index in [1.807, 2.05) is 0 Å². The van der Waals surface area contributed by atoms with Gasteiger partial charge in [-0.05, 0) is 20.4 Å². The van der Waals surface area contributed by atoms with Crippen LogP contribution >= 0.6 is 0 Å². The van der Waals surface area contributed by atoms with E-state index >= 15 is 0 Å². The summed E-state index contributed by atoms with van der Waals surface area (Å²) in [6, 6.07) is 1.43. The number of nitrogens with zero attached hydrogens (tertiary/aromatic N) is 2. The lowest BCUT2D eigenvalue weighted by Gasteiger charge is -2.36. The van der Waals surface area contributed by atoms with Crippen LogP contribution in [0.5, 0.6) is 0 Å². The summed E-state index contributed by atoms with van der Waals surface area (Å²) in [7, 11) is 2.21. The van der Waals surface area contributed by atoms with Crippen molar-refractivity contribution < 1.29 is 4.74 Å². The molecule has 2 aliphatic heterocycles. The molecule has 2 rings (SSSR count). The summed E-state index contributed by atoms with van der Waals surface area (Å²) < 4.78 is 5.59. The third-order valence-electron chi connectivity index (χ3n) is 3.81. The summed E-state index contributed by atoms with van der Waals surface area (Å²) in [6.07, 6.45) is 1.54. The molecule has 4 nitrogen and oxygen atoms in total. The molecule has 0 aromatic heterocycles. The molecule has 0 bridgehead atoms. The highest BCUT2D eigenvalue weighted by atomic mass is 16.5. The van der Waals surface area contributed by atoms with Gasteiger partial charge in [0.1, 0.15) is 0 Å². The highest BCUT2D eigenvalue weighted by Crippen LogP contribution is 2.21. The van der Waals surface area contributed by atoms with Gasteiger partial charge in [-0.1, -0.05) is 0 Å². The lowest BCUT2D eigenvalue weighted by molar-refractivity contribution is -0.0367. The van der Waals surface area contributed by atoms with Gasteiger partial charge in [0.25, 0.3) is 0 Å². The van der Waals surface area contributed by atoms with E-state index in [1.165, 1.54) is 13.0 Å². The maximum atomic E-state index is 5.66. The average molecular weight is 213 g/mol. The molecule has 0 aliphatic carbocycles. The van der Waals surface area contributed by atoms with Crippen molar-refractivity contribution in [2.75, 3.05) is 39.8 Å². The molecule has 4 heteroatoms. The monoisotopic (exact) mass is 213 g/mol. The molecular weight excluding hydrogens is 190 g/mol. The van der Waals surface area contributed by atoms with Crippen molar-refractivity contribution in [2.24, 2.45) is 5.73 Å². The fourth-order valence-corrected chi connectivity index (χ4v) is 2.64. The summed E-state index contributed by atoms with van der Waals surface area (Å²) in [4.78, 5) is 5.00. The van der Waals surface area contributed by atoms with E-state index < -0.39 is 0 Å². The number of ether oxygens (including phenoxy) is 1. The summed E-state index contributed by atoms with van der Waals surface area (Å²) in [5.74, 6) is 0. The molecule has 2 N–H and O–H groups in total. The molecule has 0 amide bonds. The Kier molecular flexibility index (Phi) is 3.61. The molecular formula is C11H23N3O. The Morgan fingerprint density at radius 1 is 1.40 bits per heavy atom. The lowest BCUT2D eigenvalue weighted by atomic mass is 10.1. The van der Waals surface area contributed by atoms with E-state index in [1.54, 1.807) is 0 Å². The highest BCUT2D eigenvalue weighted by Gasteiger charge is 2.33. The van der Waals surface area contributed by atoms with E-state index in [0.717, 1.165) is 19.7 Å². The smallest absolute Gasteiger partial charge is 0.0824 e. The van der Waals surface area contributed by atoms with Crippen LogP contribution in [0.3, 0.4) is 0 Å². The van der Waals surface area contributed by atoms with Crippen LogP contribution in [0.2, 0.25) is 0 Å². The molecule has 15 heavy (non-hydrogen) atoms.